The Balaban J connectivity index is 1.85. The van der Waals surface area contributed by atoms with Crippen LogP contribution in [0, 0.1) is 23.2 Å². The first-order chi connectivity index (χ1) is 7.63. The molecule has 3 rings (SSSR count). The van der Waals surface area contributed by atoms with E-state index in [-0.39, 0.29) is 17.2 Å². The van der Waals surface area contributed by atoms with Crippen molar-refractivity contribution < 1.29 is 4.79 Å². The van der Waals surface area contributed by atoms with Gasteiger partial charge in [-0.15, -0.1) is 0 Å². The van der Waals surface area contributed by atoms with Gasteiger partial charge >= 0.3 is 0 Å². The Morgan fingerprint density at radius 2 is 2.06 bits per heavy atom. The van der Waals surface area contributed by atoms with Crippen molar-refractivity contribution in [2.45, 2.75) is 51.0 Å². The lowest BCUT2D eigenvalue weighted by Gasteiger charge is -2.47. The second kappa shape index (κ2) is 3.46. The van der Waals surface area contributed by atoms with Crippen molar-refractivity contribution in [1.82, 2.24) is 0 Å². The molecule has 3 fully saturated rings. The second-order valence-corrected chi connectivity index (χ2v) is 6.22. The molecular formula is C13H22N2O. The van der Waals surface area contributed by atoms with Crippen molar-refractivity contribution in [3.63, 3.8) is 0 Å². The quantitative estimate of drug-likeness (QED) is 0.704. The number of amides is 1. The molecule has 0 aromatic heterocycles. The Hall–Kier alpha value is -0.570. The predicted octanol–water partition coefficient (Wildman–Crippen LogP) is 1.41. The van der Waals surface area contributed by atoms with Crippen molar-refractivity contribution in [2.24, 2.45) is 34.6 Å². The van der Waals surface area contributed by atoms with Gasteiger partial charge in [-0.2, -0.15) is 0 Å². The molecule has 16 heavy (non-hydrogen) atoms. The summed E-state index contributed by atoms with van der Waals surface area (Å²) in [5.74, 6) is 1.51. The van der Waals surface area contributed by atoms with Crippen molar-refractivity contribution in [2.75, 3.05) is 0 Å². The number of carbonyl (C=O) groups is 1. The zero-order chi connectivity index (χ0) is 11.3. The molecule has 5 atom stereocenters. The van der Waals surface area contributed by atoms with E-state index in [0.717, 1.165) is 31.1 Å². The molecule has 0 heterocycles. The summed E-state index contributed by atoms with van der Waals surface area (Å²) in [6.07, 6.45) is 8.31. The fraction of sp³-hybridized carbons (Fsp3) is 0.923. The highest BCUT2D eigenvalue weighted by molar-refractivity contribution is 5.76. The van der Waals surface area contributed by atoms with Crippen LogP contribution in [-0.4, -0.2) is 11.9 Å². The maximum Gasteiger partial charge on any atom is 0.220 e. The van der Waals surface area contributed by atoms with Gasteiger partial charge in [0.05, 0.1) is 0 Å². The fourth-order valence-corrected chi connectivity index (χ4v) is 4.86. The van der Waals surface area contributed by atoms with Gasteiger partial charge in [-0.1, -0.05) is 6.42 Å². The van der Waals surface area contributed by atoms with Gasteiger partial charge in [-0.05, 0) is 55.8 Å². The molecule has 0 radical (unpaired) electrons. The van der Waals surface area contributed by atoms with E-state index >= 15 is 0 Å². The Morgan fingerprint density at radius 3 is 2.69 bits per heavy atom. The molecule has 1 spiro atoms. The Labute approximate surface area is 96.9 Å². The number of hydrogen-bond donors (Lipinski definition) is 2. The van der Waals surface area contributed by atoms with Crippen LogP contribution in [0.3, 0.4) is 0 Å². The number of carbonyl (C=O) groups excluding carboxylic acids is 1. The number of nitrogens with two attached hydrogens (primary N) is 2. The second-order valence-electron chi connectivity index (χ2n) is 6.22. The highest BCUT2D eigenvalue weighted by atomic mass is 16.1. The normalized spacial score (nSPS) is 51.1. The molecule has 3 nitrogen and oxygen atoms in total. The Morgan fingerprint density at radius 1 is 1.25 bits per heavy atom. The standard InChI is InChI=1S/C13H22N2O/c14-11-8-3-4-10(6-8)13(11)5-1-2-9(7-13)12(15)16/h8-11H,1-7,14H2,(H2,15,16)/t8-,9?,10+,11+,13-/m1/s1. The smallest absolute Gasteiger partial charge is 0.220 e. The first-order valence-corrected chi connectivity index (χ1v) is 6.68. The lowest BCUT2D eigenvalue weighted by molar-refractivity contribution is -0.125. The number of primary amides is 1. The summed E-state index contributed by atoms with van der Waals surface area (Å²) in [6.45, 7) is 0. The van der Waals surface area contributed by atoms with Gasteiger partial charge in [0.15, 0.2) is 0 Å². The van der Waals surface area contributed by atoms with E-state index in [4.69, 9.17) is 11.5 Å². The SMILES string of the molecule is NC(=O)C1CCC[C@@]2(C1)[C@H]1CC[C@H](C1)[C@@H]2N. The van der Waals surface area contributed by atoms with Gasteiger partial charge in [0, 0.05) is 12.0 Å². The van der Waals surface area contributed by atoms with E-state index < -0.39 is 0 Å². The maximum absolute atomic E-state index is 11.4. The van der Waals surface area contributed by atoms with Crippen LogP contribution in [0.4, 0.5) is 0 Å². The van der Waals surface area contributed by atoms with Crippen LogP contribution in [0.15, 0.2) is 0 Å². The van der Waals surface area contributed by atoms with Crippen LogP contribution in [0.25, 0.3) is 0 Å². The van der Waals surface area contributed by atoms with E-state index in [9.17, 15) is 4.79 Å². The lowest BCUT2D eigenvalue weighted by Crippen LogP contribution is -2.50. The molecule has 3 aliphatic carbocycles. The summed E-state index contributed by atoms with van der Waals surface area (Å²) >= 11 is 0. The van der Waals surface area contributed by atoms with Crippen LogP contribution in [0.5, 0.6) is 0 Å². The molecule has 0 aliphatic heterocycles. The van der Waals surface area contributed by atoms with Crippen LogP contribution >= 0.6 is 0 Å². The topological polar surface area (TPSA) is 69.1 Å². The minimum Gasteiger partial charge on any atom is -0.369 e. The summed E-state index contributed by atoms with van der Waals surface area (Å²) in [6, 6.07) is 0.341. The zero-order valence-corrected chi connectivity index (χ0v) is 9.82. The van der Waals surface area contributed by atoms with Crippen LogP contribution in [0.1, 0.15) is 44.9 Å². The van der Waals surface area contributed by atoms with Gasteiger partial charge in [0.1, 0.15) is 0 Å². The van der Waals surface area contributed by atoms with Gasteiger partial charge in [0.25, 0.3) is 0 Å². The molecule has 0 aromatic rings. The average Bonchev–Trinajstić information content (AvgIpc) is 2.84. The van der Waals surface area contributed by atoms with Gasteiger partial charge in [0.2, 0.25) is 5.91 Å². The zero-order valence-electron chi connectivity index (χ0n) is 9.82. The lowest BCUT2D eigenvalue weighted by atomic mass is 9.59. The van der Waals surface area contributed by atoms with Crippen LogP contribution < -0.4 is 11.5 Å². The maximum atomic E-state index is 11.4. The third-order valence-corrected chi connectivity index (χ3v) is 5.68. The molecule has 90 valence electrons. The van der Waals surface area contributed by atoms with Crippen molar-refractivity contribution in [3.05, 3.63) is 0 Å². The number of hydrogen-bond acceptors (Lipinski definition) is 2. The molecule has 1 amide bonds. The Bertz CT molecular complexity index is 313. The van der Waals surface area contributed by atoms with Crippen molar-refractivity contribution >= 4 is 5.91 Å². The fourth-order valence-electron chi connectivity index (χ4n) is 4.86. The summed E-state index contributed by atoms with van der Waals surface area (Å²) in [7, 11) is 0. The molecule has 1 unspecified atom stereocenters. The number of rotatable bonds is 1. The summed E-state index contributed by atoms with van der Waals surface area (Å²) < 4.78 is 0. The molecule has 3 aliphatic rings. The monoisotopic (exact) mass is 222 g/mol. The van der Waals surface area contributed by atoms with E-state index in [0.29, 0.717) is 6.04 Å². The predicted molar refractivity (Wildman–Crippen MR) is 62.4 cm³/mol. The minimum absolute atomic E-state index is 0.0964. The first kappa shape index (κ1) is 10.6. The Kier molecular flexibility index (Phi) is 2.29. The summed E-state index contributed by atoms with van der Waals surface area (Å²) in [5, 5.41) is 0. The highest BCUT2D eigenvalue weighted by Gasteiger charge is 2.57. The average molecular weight is 222 g/mol. The first-order valence-electron chi connectivity index (χ1n) is 6.68. The molecule has 0 aromatic carbocycles. The molecule has 2 bridgehead atoms. The van der Waals surface area contributed by atoms with E-state index in [1.165, 1.54) is 25.7 Å². The molecule has 3 heteroatoms. The molecular weight excluding hydrogens is 200 g/mol. The van der Waals surface area contributed by atoms with Gasteiger partial charge in [-0.3, -0.25) is 4.79 Å². The van der Waals surface area contributed by atoms with E-state index in [2.05, 4.69) is 0 Å². The van der Waals surface area contributed by atoms with E-state index in [1.807, 2.05) is 0 Å². The number of fused-ring (bicyclic) bond motifs is 3. The third kappa shape index (κ3) is 1.27. The molecule has 3 saturated carbocycles. The van der Waals surface area contributed by atoms with Crippen molar-refractivity contribution in [3.8, 4) is 0 Å². The van der Waals surface area contributed by atoms with Gasteiger partial charge in [-0.25, -0.2) is 0 Å². The van der Waals surface area contributed by atoms with Crippen LogP contribution in [-0.2, 0) is 4.79 Å². The summed E-state index contributed by atoms with van der Waals surface area (Å²) in [4.78, 5) is 11.4. The molecule has 4 N–H and O–H groups in total. The highest BCUT2D eigenvalue weighted by Crippen LogP contribution is 2.61. The minimum atomic E-state index is -0.103. The van der Waals surface area contributed by atoms with Gasteiger partial charge < -0.3 is 11.5 Å². The summed E-state index contributed by atoms with van der Waals surface area (Å²) in [5.41, 5.74) is 12.2. The third-order valence-electron chi connectivity index (χ3n) is 5.68. The molecule has 0 saturated heterocycles. The van der Waals surface area contributed by atoms with E-state index in [1.54, 1.807) is 0 Å². The van der Waals surface area contributed by atoms with Crippen molar-refractivity contribution in [1.29, 1.82) is 0 Å². The largest absolute Gasteiger partial charge is 0.369 e. The van der Waals surface area contributed by atoms with Crippen LogP contribution in [0.2, 0.25) is 0 Å².